The molecule has 0 aliphatic rings. The highest BCUT2D eigenvalue weighted by Gasteiger charge is 2.15. The van der Waals surface area contributed by atoms with Gasteiger partial charge in [0.1, 0.15) is 11.5 Å². The van der Waals surface area contributed by atoms with Crippen LogP contribution in [0.4, 0.5) is 0 Å². The standard InChI is InChI=1S/C12H19NO3S/c1-4-17(14)8-11(13)10-6-5-9(15-2)7-12(10)16-3/h5-7,11H,4,8,13H2,1-3H3. The minimum Gasteiger partial charge on any atom is -0.497 e. The van der Waals surface area contributed by atoms with Gasteiger partial charge < -0.3 is 15.2 Å². The molecule has 2 unspecified atom stereocenters. The third kappa shape index (κ3) is 3.71. The summed E-state index contributed by atoms with van der Waals surface area (Å²) in [6.45, 7) is 1.88. The first-order valence-electron chi connectivity index (χ1n) is 5.44. The van der Waals surface area contributed by atoms with Gasteiger partial charge in [0.05, 0.1) is 14.2 Å². The van der Waals surface area contributed by atoms with E-state index in [1.165, 1.54) is 0 Å². The van der Waals surface area contributed by atoms with Crippen LogP contribution in [0.15, 0.2) is 18.2 Å². The number of hydrogen-bond donors (Lipinski definition) is 1. The zero-order valence-electron chi connectivity index (χ0n) is 10.4. The van der Waals surface area contributed by atoms with Gasteiger partial charge >= 0.3 is 0 Å². The molecule has 17 heavy (non-hydrogen) atoms. The van der Waals surface area contributed by atoms with E-state index in [1.807, 2.05) is 19.1 Å². The summed E-state index contributed by atoms with van der Waals surface area (Å²) in [6, 6.07) is 5.18. The molecule has 0 bridgehead atoms. The molecule has 2 atom stereocenters. The minimum absolute atomic E-state index is 0.281. The van der Waals surface area contributed by atoms with Gasteiger partial charge in [-0.25, -0.2) is 0 Å². The predicted octanol–water partition coefficient (Wildman–Crippen LogP) is 1.47. The quantitative estimate of drug-likeness (QED) is 0.838. The lowest BCUT2D eigenvalue weighted by Crippen LogP contribution is -2.19. The van der Waals surface area contributed by atoms with Crippen LogP contribution in [0.25, 0.3) is 0 Å². The summed E-state index contributed by atoms with van der Waals surface area (Å²) < 4.78 is 21.9. The van der Waals surface area contributed by atoms with Crippen LogP contribution >= 0.6 is 0 Å². The SMILES string of the molecule is CCS(=O)CC(N)c1ccc(OC)cc1OC. The second-order valence-electron chi connectivity index (χ2n) is 3.61. The van der Waals surface area contributed by atoms with Crippen molar-refractivity contribution in [2.24, 2.45) is 5.73 Å². The zero-order chi connectivity index (χ0) is 12.8. The monoisotopic (exact) mass is 257 g/mol. The van der Waals surface area contributed by atoms with E-state index in [0.29, 0.717) is 17.3 Å². The molecule has 0 fully saturated rings. The zero-order valence-corrected chi connectivity index (χ0v) is 11.3. The summed E-state index contributed by atoms with van der Waals surface area (Å²) in [4.78, 5) is 0. The Morgan fingerprint density at radius 1 is 1.35 bits per heavy atom. The van der Waals surface area contributed by atoms with Crippen LogP contribution in [0.3, 0.4) is 0 Å². The first-order valence-corrected chi connectivity index (χ1v) is 6.93. The molecule has 96 valence electrons. The summed E-state index contributed by atoms with van der Waals surface area (Å²) in [5.74, 6) is 2.45. The first kappa shape index (κ1) is 14.0. The average Bonchev–Trinajstić information content (AvgIpc) is 2.37. The molecule has 0 spiro atoms. The van der Waals surface area contributed by atoms with Crippen molar-refractivity contribution < 1.29 is 13.7 Å². The summed E-state index contributed by atoms with van der Waals surface area (Å²) in [7, 11) is 2.30. The highest BCUT2D eigenvalue weighted by Crippen LogP contribution is 2.28. The molecular formula is C12H19NO3S. The first-order chi connectivity index (χ1) is 8.12. The lowest BCUT2D eigenvalue weighted by molar-refractivity contribution is 0.389. The maximum atomic E-state index is 11.5. The van der Waals surface area contributed by atoms with Crippen LogP contribution < -0.4 is 15.2 Å². The maximum Gasteiger partial charge on any atom is 0.127 e. The van der Waals surface area contributed by atoms with Crippen molar-refractivity contribution >= 4 is 10.8 Å². The van der Waals surface area contributed by atoms with Crippen molar-refractivity contribution in [3.05, 3.63) is 23.8 Å². The molecule has 1 aromatic rings. The number of methoxy groups -OCH3 is 2. The van der Waals surface area contributed by atoms with E-state index in [2.05, 4.69) is 0 Å². The molecular weight excluding hydrogens is 238 g/mol. The van der Waals surface area contributed by atoms with E-state index in [-0.39, 0.29) is 6.04 Å². The third-order valence-corrected chi connectivity index (χ3v) is 3.90. The van der Waals surface area contributed by atoms with Gasteiger partial charge in [-0.3, -0.25) is 4.21 Å². The minimum atomic E-state index is -0.887. The molecule has 0 aliphatic carbocycles. The highest BCUT2D eigenvalue weighted by atomic mass is 32.2. The summed E-state index contributed by atoms with van der Waals surface area (Å²) in [5, 5.41) is 0. The Bertz CT molecular complexity index is 395. The lowest BCUT2D eigenvalue weighted by Gasteiger charge is -2.16. The van der Waals surface area contributed by atoms with Crippen molar-refractivity contribution in [3.63, 3.8) is 0 Å². The van der Waals surface area contributed by atoms with Crippen LogP contribution in [-0.4, -0.2) is 29.9 Å². The molecule has 0 aromatic heterocycles. The molecule has 1 rings (SSSR count). The molecule has 4 nitrogen and oxygen atoms in total. The van der Waals surface area contributed by atoms with Crippen LogP contribution in [0.2, 0.25) is 0 Å². The lowest BCUT2D eigenvalue weighted by atomic mass is 10.1. The molecule has 0 heterocycles. The van der Waals surface area contributed by atoms with Crippen LogP contribution in [0.5, 0.6) is 11.5 Å². The van der Waals surface area contributed by atoms with Gasteiger partial charge in [-0.15, -0.1) is 0 Å². The van der Waals surface area contributed by atoms with Crippen LogP contribution in [0.1, 0.15) is 18.5 Å². The number of rotatable bonds is 6. The Morgan fingerprint density at radius 2 is 2.06 bits per heavy atom. The van der Waals surface area contributed by atoms with Gasteiger partial charge in [-0.1, -0.05) is 13.0 Å². The second-order valence-corrected chi connectivity index (χ2v) is 5.40. The van der Waals surface area contributed by atoms with Crippen molar-refractivity contribution in [2.45, 2.75) is 13.0 Å². The number of benzene rings is 1. The molecule has 0 saturated heterocycles. The molecule has 2 N–H and O–H groups in total. The largest absolute Gasteiger partial charge is 0.497 e. The van der Waals surface area contributed by atoms with E-state index >= 15 is 0 Å². The molecule has 5 heteroatoms. The van der Waals surface area contributed by atoms with Crippen molar-refractivity contribution in [1.29, 1.82) is 0 Å². The smallest absolute Gasteiger partial charge is 0.127 e. The molecule has 1 aromatic carbocycles. The Balaban J connectivity index is 2.92. The third-order valence-electron chi connectivity index (χ3n) is 2.53. The van der Waals surface area contributed by atoms with Crippen molar-refractivity contribution in [2.75, 3.05) is 25.7 Å². The molecule has 0 aliphatic heterocycles. The van der Waals surface area contributed by atoms with Crippen LogP contribution in [0, 0.1) is 0 Å². The second kappa shape index (κ2) is 6.61. The van der Waals surface area contributed by atoms with Crippen molar-refractivity contribution in [3.8, 4) is 11.5 Å². The number of nitrogens with two attached hydrogens (primary N) is 1. The number of ether oxygens (including phenoxy) is 2. The normalized spacial score (nSPS) is 14.1. The Morgan fingerprint density at radius 3 is 2.59 bits per heavy atom. The molecule has 0 amide bonds. The van der Waals surface area contributed by atoms with Gasteiger partial charge in [0.2, 0.25) is 0 Å². The fourth-order valence-electron chi connectivity index (χ4n) is 1.53. The van der Waals surface area contributed by atoms with Gasteiger partial charge in [-0.2, -0.15) is 0 Å². The summed E-state index contributed by atoms with van der Waals surface area (Å²) >= 11 is 0. The number of hydrogen-bond acceptors (Lipinski definition) is 4. The fourth-order valence-corrected chi connectivity index (χ4v) is 2.35. The Hall–Kier alpha value is -1.07. The summed E-state index contributed by atoms with van der Waals surface area (Å²) in [5.41, 5.74) is 6.88. The highest BCUT2D eigenvalue weighted by molar-refractivity contribution is 7.84. The van der Waals surface area contributed by atoms with E-state index in [9.17, 15) is 4.21 Å². The summed E-state index contributed by atoms with van der Waals surface area (Å²) in [6.07, 6.45) is 0. The van der Waals surface area contributed by atoms with E-state index in [1.54, 1.807) is 20.3 Å². The van der Waals surface area contributed by atoms with Gasteiger partial charge in [0.25, 0.3) is 0 Å². The molecule has 0 saturated carbocycles. The average molecular weight is 257 g/mol. The predicted molar refractivity (Wildman–Crippen MR) is 70.0 cm³/mol. The van der Waals surface area contributed by atoms with E-state index in [0.717, 1.165) is 11.3 Å². The van der Waals surface area contributed by atoms with Gasteiger partial charge in [-0.05, 0) is 6.07 Å². The van der Waals surface area contributed by atoms with E-state index < -0.39 is 10.8 Å². The van der Waals surface area contributed by atoms with Crippen molar-refractivity contribution in [1.82, 2.24) is 0 Å². The van der Waals surface area contributed by atoms with Gasteiger partial charge in [0.15, 0.2) is 0 Å². The Kier molecular flexibility index (Phi) is 5.44. The Labute approximate surface area is 105 Å². The molecule has 0 radical (unpaired) electrons. The fraction of sp³-hybridized carbons (Fsp3) is 0.500. The van der Waals surface area contributed by atoms with E-state index in [4.69, 9.17) is 15.2 Å². The van der Waals surface area contributed by atoms with Crippen LogP contribution in [-0.2, 0) is 10.8 Å². The van der Waals surface area contributed by atoms with Gasteiger partial charge in [0, 0.05) is 40.0 Å². The maximum absolute atomic E-state index is 11.5. The topological polar surface area (TPSA) is 61.6 Å².